The van der Waals surface area contributed by atoms with E-state index >= 15 is 0 Å². The fourth-order valence-electron chi connectivity index (χ4n) is 3.01. The molecule has 3 rings (SSSR count). The van der Waals surface area contributed by atoms with Crippen LogP contribution in [0.2, 0.25) is 0 Å². The third-order valence-corrected chi connectivity index (χ3v) is 4.14. The summed E-state index contributed by atoms with van der Waals surface area (Å²) < 4.78 is 52.4. The quantitative estimate of drug-likeness (QED) is 0.769. The SMILES string of the molecule is Fc1ccc(C(F)(F)F)cc1CN1CCC[C@H]1c1ccccn1. The average Bonchev–Trinajstić information content (AvgIpc) is 2.97. The van der Waals surface area contributed by atoms with Gasteiger partial charge < -0.3 is 0 Å². The summed E-state index contributed by atoms with van der Waals surface area (Å²) in [5.74, 6) is -0.607. The molecular formula is C17H16F4N2. The first kappa shape index (κ1) is 15.9. The van der Waals surface area contributed by atoms with Gasteiger partial charge in [-0.25, -0.2) is 4.39 Å². The summed E-state index contributed by atoms with van der Waals surface area (Å²) in [5, 5.41) is 0. The normalized spacial score (nSPS) is 19.2. The molecule has 0 radical (unpaired) electrons. The van der Waals surface area contributed by atoms with E-state index in [1.807, 2.05) is 23.1 Å². The Morgan fingerprint density at radius 3 is 2.70 bits per heavy atom. The van der Waals surface area contributed by atoms with E-state index < -0.39 is 17.6 Å². The highest BCUT2D eigenvalue weighted by Crippen LogP contribution is 2.34. The van der Waals surface area contributed by atoms with E-state index in [9.17, 15) is 17.6 Å². The molecule has 0 saturated carbocycles. The number of alkyl halides is 3. The van der Waals surface area contributed by atoms with Crippen molar-refractivity contribution >= 4 is 0 Å². The average molecular weight is 324 g/mol. The van der Waals surface area contributed by atoms with E-state index in [1.165, 1.54) is 0 Å². The lowest BCUT2D eigenvalue weighted by molar-refractivity contribution is -0.137. The largest absolute Gasteiger partial charge is 0.416 e. The number of benzene rings is 1. The second-order valence-corrected chi connectivity index (χ2v) is 5.69. The summed E-state index contributed by atoms with van der Waals surface area (Å²) >= 11 is 0. The van der Waals surface area contributed by atoms with Gasteiger partial charge in [-0.1, -0.05) is 6.07 Å². The number of pyridine rings is 1. The van der Waals surface area contributed by atoms with Crippen LogP contribution in [-0.2, 0) is 12.7 Å². The molecule has 0 spiro atoms. The first-order chi connectivity index (χ1) is 10.9. The van der Waals surface area contributed by atoms with Gasteiger partial charge in [0, 0.05) is 18.3 Å². The van der Waals surface area contributed by atoms with Crippen molar-refractivity contribution in [2.24, 2.45) is 0 Å². The fourth-order valence-corrected chi connectivity index (χ4v) is 3.01. The van der Waals surface area contributed by atoms with Crippen LogP contribution in [0.4, 0.5) is 17.6 Å². The lowest BCUT2D eigenvalue weighted by Gasteiger charge is -2.24. The minimum absolute atomic E-state index is 0.0187. The maximum Gasteiger partial charge on any atom is 0.416 e. The molecule has 0 amide bonds. The van der Waals surface area contributed by atoms with Crippen molar-refractivity contribution in [3.8, 4) is 0 Å². The molecule has 6 heteroatoms. The molecule has 1 aliphatic rings. The number of hydrogen-bond acceptors (Lipinski definition) is 2. The molecule has 2 aromatic rings. The highest BCUT2D eigenvalue weighted by molar-refractivity contribution is 5.27. The minimum Gasteiger partial charge on any atom is -0.290 e. The van der Waals surface area contributed by atoms with Gasteiger partial charge in [0.05, 0.1) is 17.3 Å². The Bertz CT molecular complexity index is 670. The van der Waals surface area contributed by atoms with Gasteiger partial charge in [-0.3, -0.25) is 9.88 Å². The molecule has 1 aromatic heterocycles. The summed E-state index contributed by atoms with van der Waals surface area (Å²) in [4.78, 5) is 6.30. The zero-order valence-electron chi connectivity index (χ0n) is 12.4. The summed E-state index contributed by atoms with van der Waals surface area (Å²) in [5.41, 5.74) is 0.127. The number of aromatic nitrogens is 1. The maximum atomic E-state index is 13.9. The van der Waals surface area contributed by atoms with Crippen molar-refractivity contribution in [2.45, 2.75) is 31.6 Å². The van der Waals surface area contributed by atoms with Crippen molar-refractivity contribution in [2.75, 3.05) is 6.54 Å². The Morgan fingerprint density at radius 2 is 2.00 bits per heavy atom. The van der Waals surface area contributed by atoms with E-state index in [4.69, 9.17) is 0 Å². The third-order valence-electron chi connectivity index (χ3n) is 4.14. The number of nitrogens with zero attached hydrogens (tertiary/aromatic N) is 2. The summed E-state index contributed by atoms with van der Waals surface area (Å²) in [7, 11) is 0. The van der Waals surface area contributed by atoms with Gasteiger partial charge in [-0.05, 0) is 49.7 Å². The number of halogens is 4. The molecule has 0 bridgehead atoms. The molecule has 23 heavy (non-hydrogen) atoms. The molecule has 0 N–H and O–H groups in total. The van der Waals surface area contributed by atoms with Gasteiger partial charge >= 0.3 is 6.18 Å². The van der Waals surface area contributed by atoms with Gasteiger partial charge in [-0.2, -0.15) is 13.2 Å². The summed E-state index contributed by atoms with van der Waals surface area (Å²) in [6, 6.07) is 8.18. The van der Waals surface area contributed by atoms with Crippen LogP contribution < -0.4 is 0 Å². The highest BCUT2D eigenvalue weighted by Gasteiger charge is 2.32. The first-order valence-electron chi connectivity index (χ1n) is 7.46. The van der Waals surface area contributed by atoms with Gasteiger partial charge in [-0.15, -0.1) is 0 Å². The molecule has 1 aromatic carbocycles. The molecule has 1 fully saturated rings. The van der Waals surface area contributed by atoms with Crippen LogP contribution in [-0.4, -0.2) is 16.4 Å². The third kappa shape index (κ3) is 3.52. The van der Waals surface area contributed by atoms with Crippen LogP contribution in [0, 0.1) is 5.82 Å². The van der Waals surface area contributed by atoms with Crippen molar-refractivity contribution in [1.82, 2.24) is 9.88 Å². The zero-order valence-corrected chi connectivity index (χ0v) is 12.4. The highest BCUT2D eigenvalue weighted by atomic mass is 19.4. The van der Waals surface area contributed by atoms with Crippen LogP contribution in [0.25, 0.3) is 0 Å². The van der Waals surface area contributed by atoms with E-state index in [2.05, 4.69) is 4.98 Å². The van der Waals surface area contributed by atoms with E-state index in [-0.39, 0.29) is 18.2 Å². The number of rotatable bonds is 3. The minimum atomic E-state index is -4.46. The smallest absolute Gasteiger partial charge is 0.290 e. The molecule has 1 aliphatic heterocycles. The Balaban J connectivity index is 1.84. The number of hydrogen-bond donors (Lipinski definition) is 0. The second-order valence-electron chi connectivity index (χ2n) is 5.69. The molecule has 0 unspecified atom stereocenters. The molecule has 1 atom stereocenters. The monoisotopic (exact) mass is 324 g/mol. The fraction of sp³-hybridized carbons (Fsp3) is 0.353. The lowest BCUT2D eigenvalue weighted by atomic mass is 10.1. The van der Waals surface area contributed by atoms with Crippen molar-refractivity contribution in [3.63, 3.8) is 0 Å². The van der Waals surface area contributed by atoms with Crippen LogP contribution >= 0.6 is 0 Å². The van der Waals surface area contributed by atoms with Crippen LogP contribution in [0.1, 0.15) is 35.7 Å². The number of likely N-dealkylation sites (tertiary alicyclic amines) is 1. The van der Waals surface area contributed by atoms with Crippen molar-refractivity contribution in [1.29, 1.82) is 0 Å². The van der Waals surface area contributed by atoms with E-state index in [1.54, 1.807) is 6.20 Å². The van der Waals surface area contributed by atoms with Crippen LogP contribution in [0.5, 0.6) is 0 Å². The Morgan fingerprint density at radius 1 is 1.17 bits per heavy atom. The van der Waals surface area contributed by atoms with E-state index in [0.717, 1.165) is 43.3 Å². The molecule has 0 aliphatic carbocycles. The van der Waals surface area contributed by atoms with Gasteiger partial charge in [0.2, 0.25) is 0 Å². The molecule has 2 nitrogen and oxygen atoms in total. The van der Waals surface area contributed by atoms with Gasteiger partial charge in [0.1, 0.15) is 5.82 Å². The Hall–Kier alpha value is -1.95. The maximum absolute atomic E-state index is 13.9. The van der Waals surface area contributed by atoms with Gasteiger partial charge in [0.15, 0.2) is 0 Å². The predicted octanol–water partition coefficient (Wildman–Crippen LogP) is 4.58. The zero-order chi connectivity index (χ0) is 16.4. The first-order valence-corrected chi connectivity index (χ1v) is 7.46. The lowest BCUT2D eigenvalue weighted by Crippen LogP contribution is -2.24. The predicted molar refractivity (Wildman–Crippen MR) is 78.0 cm³/mol. The Kier molecular flexibility index (Phi) is 4.35. The standard InChI is InChI=1S/C17H16F4N2/c18-14-7-6-13(17(19,20)21)10-12(14)11-23-9-3-5-16(23)15-4-1-2-8-22-15/h1-2,4,6-8,10,16H,3,5,9,11H2/t16-/m0/s1. The van der Waals surface area contributed by atoms with Crippen LogP contribution in [0.3, 0.4) is 0 Å². The summed E-state index contributed by atoms with van der Waals surface area (Å²) in [6.07, 6.45) is -0.982. The molecule has 1 saturated heterocycles. The van der Waals surface area contributed by atoms with Crippen LogP contribution in [0.15, 0.2) is 42.6 Å². The summed E-state index contributed by atoms with van der Waals surface area (Å²) in [6.45, 7) is 0.869. The van der Waals surface area contributed by atoms with Gasteiger partial charge in [0.25, 0.3) is 0 Å². The molecular weight excluding hydrogens is 308 g/mol. The second kappa shape index (κ2) is 6.28. The molecule has 122 valence electrons. The van der Waals surface area contributed by atoms with E-state index in [0.29, 0.717) is 0 Å². The Labute approximate surface area is 131 Å². The van der Waals surface area contributed by atoms with Crippen molar-refractivity contribution < 1.29 is 17.6 Å². The van der Waals surface area contributed by atoms with Crippen molar-refractivity contribution in [3.05, 3.63) is 65.2 Å². The topological polar surface area (TPSA) is 16.1 Å². The molecule has 2 heterocycles.